The minimum absolute atomic E-state index is 0.0372. The molecular weight excluding hydrogens is 270 g/mol. The molecule has 1 aromatic rings. The summed E-state index contributed by atoms with van der Waals surface area (Å²) in [6, 6.07) is 5.42. The average Bonchev–Trinajstić information content (AvgIpc) is 2.73. The van der Waals surface area contributed by atoms with E-state index in [1.54, 1.807) is 18.2 Å². The highest BCUT2D eigenvalue weighted by Gasteiger charge is 2.23. The zero-order valence-electron chi connectivity index (χ0n) is 12.4. The number of para-hydroxylation sites is 1. The Morgan fingerprint density at radius 3 is 3.10 bits per heavy atom. The molecule has 0 saturated carbocycles. The van der Waals surface area contributed by atoms with Gasteiger partial charge in [0, 0.05) is 12.6 Å². The Balaban J connectivity index is 2.18. The number of nitro groups is 1. The van der Waals surface area contributed by atoms with E-state index >= 15 is 0 Å². The second-order valence-corrected chi connectivity index (χ2v) is 5.30. The maximum atomic E-state index is 11.4. The van der Waals surface area contributed by atoms with Crippen molar-refractivity contribution >= 4 is 11.4 Å². The van der Waals surface area contributed by atoms with Crippen LogP contribution in [0.4, 0.5) is 11.4 Å². The van der Waals surface area contributed by atoms with Gasteiger partial charge in [-0.25, -0.2) is 0 Å². The van der Waals surface area contributed by atoms with Gasteiger partial charge >= 0.3 is 5.69 Å². The lowest BCUT2D eigenvalue weighted by molar-refractivity contribution is -0.385. The molecular formula is C15H23N3O3. The second-order valence-electron chi connectivity index (χ2n) is 5.30. The van der Waals surface area contributed by atoms with Gasteiger partial charge in [0.1, 0.15) is 5.69 Å². The van der Waals surface area contributed by atoms with Crippen LogP contribution in [0.3, 0.4) is 0 Å². The zero-order chi connectivity index (χ0) is 15.1. The number of nitrogens with zero attached hydrogens (tertiary/aromatic N) is 1. The molecule has 1 heterocycles. The molecule has 0 bridgehead atoms. The van der Waals surface area contributed by atoms with Crippen LogP contribution in [0.2, 0.25) is 0 Å². The summed E-state index contributed by atoms with van der Waals surface area (Å²) in [6.07, 6.45) is 4.12. The van der Waals surface area contributed by atoms with Crippen molar-refractivity contribution in [3.8, 4) is 5.75 Å². The maximum Gasteiger partial charge on any atom is 0.333 e. The molecule has 6 heteroatoms. The molecule has 0 aromatic heterocycles. The summed E-state index contributed by atoms with van der Waals surface area (Å²) in [5, 5.41) is 18.0. The number of hydrogen-bond donors (Lipinski definition) is 2. The standard InChI is InChI=1S/C15H23N3O3/c1-2-10-21-14-8-5-7-13(15(14)18(19)20)17-12-6-3-4-9-16-11-12/h5,7-8,12,16-17H,2-4,6,9-11H2,1H3. The molecule has 1 atom stereocenters. The van der Waals surface area contributed by atoms with Gasteiger partial charge in [0.05, 0.1) is 11.5 Å². The number of nitrogens with one attached hydrogen (secondary N) is 2. The summed E-state index contributed by atoms with van der Waals surface area (Å²) in [7, 11) is 0. The Hall–Kier alpha value is -1.82. The van der Waals surface area contributed by atoms with Crippen molar-refractivity contribution in [2.75, 3.05) is 25.0 Å². The van der Waals surface area contributed by atoms with E-state index < -0.39 is 0 Å². The predicted molar refractivity (Wildman–Crippen MR) is 83.0 cm³/mol. The lowest BCUT2D eigenvalue weighted by atomic mass is 10.1. The van der Waals surface area contributed by atoms with Gasteiger partial charge in [0.25, 0.3) is 0 Å². The van der Waals surface area contributed by atoms with Gasteiger partial charge in [-0.1, -0.05) is 19.4 Å². The average molecular weight is 293 g/mol. The van der Waals surface area contributed by atoms with E-state index in [1.807, 2.05) is 6.92 Å². The smallest absolute Gasteiger partial charge is 0.333 e. The third kappa shape index (κ3) is 4.32. The fourth-order valence-corrected chi connectivity index (χ4v) is 2.52. The minimum atomic E-state index is -0.364. The van der Waals surface area contributed by atoms with Crippen LogP contribution < -0.4 is 15.4 Å². The van der Waals surface area contributed by atoms with E-state index in [2.05, 4.69) is 10.6 Å². The van der Waals surface area contributed by atoms with Crippen LogP contribution in [0.5, 0.6) is 5.75 Å². The Morgan fingerprint density at radius 1 is 1.48 bits per heavy atom. The van der Waals surface area contributed by atoms with Gasteiger partial charge in [0.2, 0.25) is 0 Å². The molecule has 2 N–H and O–H groups in total. The Labute approximate surface area is 125 Å². The fraction of sp³-hybridized carbons (Fsp3) is 0.600. The quantitative estimate of drug-likeness (QED) is 0.623. The first kappa shape index (κ1) is 15.6. The third-order valence-corrected chi connectivity index (χ3v) is 3.55. The molecule has 116 valence electrons. The third-order valence-electron chi connectivity index (χ3n) is 3.55. The number of hydrogen-bond acceptors (Lipinski definition) is 5. The highest BCUT2D eigenvalue weighted by Crippen LogP contribution is 2.35. The largest absolute Gasteiger partial charge is 0.487 e. The fourth-order valence-electron chi connectivity index (χ4n) is 2.52. The Kier molecular flexibility index (Phi) is 5.80. The van der Waals surface area contributed by atoms with Crippen LogP contribution in [0, 0.1) is 10.1 Å². The first-order chi connectivity index (χ1) is 10.2. The normalized spacial score (nSPS) is 18.8. The first-order valence-corrected chi connectivity index (χ1v) is 7.59. The topological polar surface area (TPSA) is 76.4 Å². The van der Waals surface area contributed by atoms with Crippen LogP contribution in [-0.4, -0.2) is 30.7 Å². The molecule has 1 unspecified atom stereocenters. The van der Waals surface area contributed by atoms with Crippen molar-refractivity contribution in [2.24, 2.45) is 0 Å². The Bertz CT molecular complexity index is 471. The molecule has 0 aliphatic carbocycles. The lowest BCUT2D eigenvalue weighted by Gasteiger charge is -2.18. The molecule has 6 nitrogen and oxygen atoms in total. The zero-order valence-corrected chi connectivity index (χ0v) is 12.4. The van der Waals surface area contributed by atoms with Crippen LogP contribution in [-0.2, 0) is 0 Å². The van der Waals surface area contributed by atoms with Gasteiger partial charge in [-0.15, -0.1) is 0 Å². The predicted octanol–water partition coefficient (Wildman–Crippen LogP) is 2.94. The van der Waals surface area contributed by atoms with Gasteiger partial charge in [-0.2, -0.15) is 0 Å². The summed E-state index contributed by atoms with van der Waals surface area (Å²) >= 11 is 0. The summed E-state index contributed by atoms with van der Waals surface area (Å²) in [4.78, 5) is 11.0. The van der Waals surface area contributed by atoms with Crippen molar-refractivity contribution in [1.82, 2.24) is 5.32 Å². The van der Waals surface area contributed by atoms with E-state index in [0.29, 0.717) is 18.0 Å². The molecule has 1 aliphatic rings. The lowest BCUT2D eigenvalue weighted by Crippen LogP contribution is -2.31. The number of nitro benzene ring substituents is 1. The molecule has 0 spiro atoms. The number of benzene rings is 1. The van der Waals surface area contributed by atoms with Gasteiger partial charge < -0.3 is 15.4 Å². The van der Waals surface area contributed by atoms with Crippen LogP contribution in [0.15, 0.2) is 18.2 Å². The summed E-state index contributed by atoms with van der Waals surface area (Å²) < 4.78 is 5.50. The van der Waals surface area contributed by atoms with Crippen LogP contribution in [0.1, 0.15) is 32.6 Å². The molecule has 1 aromatic carbocycles. The van der Waals surface area contributed by atoms with E-state index in [4.69, 9.17) is 4.74 Å². The molecule has 1 fully saturated rings. The van der Waals surface area contributed by atoms with Crippen LogP contribution >= 0.6 is 0 Å². The Morgan fingerprint density at radius 2 is 2.33 bits per heavy atom. The monoisotopic (exact) mass is 293 g/mol. The summed E-state index contributed by atoms with van der Waals surface area (Å²) in [5.41, 5.74) is 0.581. The molecule has 1 saturated heterocycles. The van der Waals surface area contributed by atoms with Gasteiger partial charge in [0.15, 0.2) is 5.75 Å². The van der Waals surface area contributed by atoms with E-state index in [0.717, 1.165) is 38.8 Å². The first-order valence-electron chi connectivity index (χ1n) is 7.59. The highest BCUT2D eigenvalue weighted by atomic mass is 16.6. The van der Waals surface area contributed by atoms with Crippen molar-refractivity contribution in [3.05, 3.63) is 28.3 Å². The van der Waals surface area contributed by atoms with Gasteiger partial charge in [-0.05, 0) is 37.9 Å². The SMILES string of the molecule is CCCOc1cccc(NC2CCCCNC2)c1[N+](=O)[O-]. The summed E-state index contributed by atoms with van der Waals surface area (Å²) in [5.74, 6) is 0.341. The van der Waals surface area contributed by atoms with E-state index in [9.17, 15) is 10.1 Å². The number of ether oxygens (including phenoxy) is 1. The molecule has 1 aliphatic heterocycles. The maximum absolute atomic E-state index is 11.4. The molecule has 2 rings (SSSR count). The molecule has 0 radical (unpaired) electrons. The van der Waals surface area contributed by atoms with E-state index in [-0.39, 0.29) is 16.7 Å². The van der Waals surface area contributed by atoms with Crippen molar-refractivity contribution < 1.29 is 9.66 Å². The molecule has 21 heavy (non-hydrogen) atoms. The minimum Gasteiger partial charge on any atom is -0.487 e. The van der Waals surface area contributed by atoms with E-state index in [1.165, 1.54) is 0 Å². The number of anilines is 1. The highest BCUT2D eigenvalue weighted by molar-refractivity contribution is 5.68. The second kappa shape index (κ2) is 7.83. The van der Waals surface area contributed by atoms with Crippen molar-refractivity contribution in [3.63, 3.8) is 0 Å². The van der Waals surface area contributed by atoms with Crippen molar-refractivity contribution in [2.45, 2.75) is 38.6 Å². The number of rotatable bonds is 6. The van der Waals surface area contributed by atoms with Gasteiger partial charge in [-0.3, -0.25) is 10.1 Å². The summed E-state index contributed by atoms with van der Waals surface area (Å²) in [6.45, 7) is 4.30. The van der Waals surface area contributed by atoms with Crippen LogP contribution in [0.25, 0.3) is 0 Å². The van der Waals surface area contributed by atoms with Crippen molar-refractivity contribution in [1.29, 1.82) is 0 Å². The molecule has 0 amide bonds.